The number of benzene rings is 3. The number of primary amides is 1. The van der Waals surface area contributed by atoms with Crippen molar-refractivity contribution in [3.8, 4) is 5.69 Å². The van der Waals surface area contributed by atoms with E-state index in [2.05, 4.69) is 74.8 Å². The average molecular weight is 437 g/mol. The molecular formula is C26H24N6O. The first kappa shape index (κ1) is 20.6. The minimum Gasteiger partial charge on any atom is -0.368 e. The molecule has 0 saturated heterocycles. The number of hydrogen-bond donors (Lipinski definition) is 1. The predicted molar refractivity (Wildman–Crippen MR) is 127 cm³/mol. The Hall–Kier alpha value is -4.26. The van der Waals surface area contributed by atoms with E-state index in [1.165, 1.54) is 27.5 Å². The van der Waals surface area contributed by atoms with Gasteiger partial charge in [-0.15, -0.1) is 5.10 Å². The Kier molecular flexibility index (Phi) is 5.68. The number of carbonyl (C=O) groups is 1. The first-order valence-electron chi connectivity index (χ1n) is 10.9. The van der Waals surface area contributed by atoms with Crippen molar-refractivity contribution < 1.29 is 4.79 Å². The molecule has 2 heterocycles. The van der Waals surface area contributed by atoms with Gasteiger partial charge in [0.15, 0.2) is 0 Å². The van der Waals surface area contributed by atoms with Crippen molar-refractivity contribution >= 4 is 16.8 Å². The van der Waals surface area contributed by atoms with Crippen molar-refractivity contribution in [3.63, 3.8) is 0 Å². The predicted octanol–water partition coefficient (Wildman–Crippen LogP) is 3.67. The van der Waals surface area contributed by atoms with Crippen LogP contribution in [0.15, 0.2) is 91.4 Å². The summed E-state index contributed by atoms with van der Waals surface area (Å²) in [6.45, 7) is 0. The lowest BCUT2D eigenvalue weighted by molar-refractivity contribution is -0.121. The number of nitrogens with two attached hydrogens (primary N) is 1. The molecule has 2 N–H and O–H groups in total. The SMILES string of the molecule is NC(=O)C(Cc1ccc2c(c1)c(CCc1ccccc1)cn2-c1ccccc1)n1cnnn1. The van der Waals surface area contributed by atoms with E-state index in [-0.39, 0.29) is 0 Å². The zero-order valence-corrected chi connectivity index (χ0v) is 18.1. The Morgan fingerprint density at radius 1 is 0.909 bits per heavy atom. The summed E-state index contributed by atoms with van der Waals surface area (Å²) in [5.74, 6) is -0.464. The number of aryl methyl sites for hydroxylation is 2. The van der Waals surface area contributed by atoms with Crippen molar-refractivity contribution in [2.45, 2.75) is 25.3 Å². The van der Waals surface area contributed by atoms with Crippen LogP contribution < -0.4 is 5.73 Å². The highest BCUT2D eigenvalue weighted by atomic mass is 16.1. The summed E-state index contributed by atoms with van der Waals surface area (Å²) in [4.78, 5) is 12.1. The second kappa shape index (κ2) is 9.08. The van der Waals surface area contributed by atoms with Gasteiger partial charge in [-0.25, -0.2) is 4.68 Å². The van der Waals surface area contributed by atoms with E-state index in [9.17, 15) is 4.79 Å². The van der Waals surface area contributed by atoms with Crippen LogP contribution in [0.5, 0.6) is 0 Å². The smallest absolute Gasteiger partial charge is 0.242 e. The van der Waals surface area contributed by atoms with Crippen molar-refractivity contribution in [1.29, 1.82) is 0 Å². The minimum atomic E-state index is -0.638. The number of hydrogen-bond acceptors (Lipinski definition) is 4. The van der Waals surface area contributed by atoms with Crippen molar-refractivity contribution in [3.05, 3.63) is 108 Å². The molecule has 0 aliphatic carbocycles. The maximum absolute atomic E-state index is 12.1. The Balaban J connectivity index is 1.53. The van der Waals surface area contributed by atoms with Gasteiger partial charge in [-0.3, -0.25) is 4.79 Å². The second-order valence-corrected chi connectivity index (χ2v) is 8.11. The third kappa shape index (κ3) is 4.39. The summed E-state index contributed by atoms with van der Waals surface area (Å²) in [6, 6.07) is 26.5. The van der Waals surface area contributed by atoms with Crippen LogP contribution in [0.3, 0.4) is 0 Å². The third-order valence-electron chi connectivity index (χ3n) is 5.95. The molecule has 0 spiro atoms. The molecule has 1 atom stereocenters. The zero-order chi connectivity index (χ0) is 22.6. The molecule has 1 unspecified atom stereocenters. The van der Waals surface area contributed by atoms with Gasteiger partial charge in [0.1, 0.15) is 12.4 Å². The van der Waals surface area contributed by atoms with Crippen LogP contribution in [0.2, 0.25) is 0 Å². The summed E-state index contributed by atoms with van der Waals surface area (Å²) in [6.07, 6.45) is 5.93. The van der Waals surface area contributed by atoms with Crippen molar-refractivity contribution in [2.75, 3.05) is 0 Å². The van der Waals surface area contributed by atoms with Crippen molar-refractivity contribution in [2.24, 2.45) is 5.73 Å². The molecule has 5 aromatic rings. The molecule has 0 aliphatic heterocycles. The van der Waals surface area contributed by atoms with E-state index in [0.29, 0.717) is 6.42 Å². The molecular weight excluding hydrogens is 412 g/mol. The standard InChI is InChI=1S/C26H24N6O/c27-26(33)25(32-18-28-29-30-32)16-20-12-14-24-23(15-20)21(13-11-19-7-3-1-4-8-19)17-31(24)22-9-5-2-6-10-22/h1-10,12,14-15,17-18,25H,11,13,16H2,(H2,27,33). The molecule has 0 aliphatic rings. The highest BCUT2D eigenvalue weighted by Gasteiger charge is 2.20. The summed E-state index contributed by atoms with van der Waals surface area (Å²) >= 11 is 0. The summed E-state index contributed by atoms with van der Waals surface area (Å²) in [7, 11) is 0. The van der Waals surface area contributed by atoms with Gasteiger partial charge in [0, 0.05) is 23.7 Å². The van der Waals surface area contributed by atoms with E-state index >= 15 is 0 Å². The van der Waals surface area contributed by atoms with E-state index < -0.39 is 11.9 Å². The molecule has 1 amide bonds. The van der Waals surface area contributed by atoms with Crippen molar-refractivity contribution in [1.82, 2.24) is 24.8 Å². The number of fused-ring (bicyclic) bond motifs is 1. The molecule has 33 heavy (non-hydrogen) atoms. The number of nitrogens with zero attached hydrogens (tertiary/aromatic N) is 5. The van der Waals surface area contributed by atoms with Crippen LogP contribution in [0, 0.1) is 0 Å². The van der Waals surface area contributed by atoms with Crippen LogP contribution in [-0.2, 0) is 24.1 Å². The fourth-order valence-corrected chi connectivity index (χ4v) is 4.26. The Morgan fingerprint density at radius 2 is 1.67 bits per heavy atom. The maximum atomic E-state index is 12.1. The molecule has 5 rings (SSSR count). The largest absolute Gasteiger partial charge is 0.368 e. The maximum Gasteiger partial charge on any atom is 0.242 e. The number of carbonyl (C=O) groups excluding carboxylic acids is 1. The Labute approximate surface area is 191 Å². The van der Waals surface area contributed by atoms with Gasteiger partial charge in [0.2, 0.25) is 5.91 Å². The van der Waals surface area contributed by atoms with Crippen LogP contribution in [0.25, 0.3) is 16.6 Å². The average Bonchev–Trinajstić information content (AvgIpc) is 3.50. The number of aromatic nitrogens is 5. The summed E-state index contributed by atoms with van der Waals surface area (Å²) < 4.78 is 3.64. The highest BCUT2D eigenvalue weighted by molar-refractivity contribution is 5.87. The topological polar surface area (TPSA) is 91.6 Å². The highest BCUT2D eigenvalue weighted by Crippen LogP contribution is 2.28. The van der Waals surface area contributed by atoms with E-state index in [4.69, 9.17) is 5.73 Å². The quantitative estimate of drug-likeness (QED) is 0.402. The molecule has 7 nitrogen and oxygen atoms in total. The Morgan fingerprint density at radius 3 is 2.36 bits per heavy atom. The van der Waals surface area contributed by atoms with Gasteiger partial charge >= 0.3 is 0 Å². The number of para-hydroxylation sites is 1. The fraction of sp³-hybridized carbons (Fsp3) is 0.154. The molecule has 7 heteroatoms. The molecule has 0 fully saturated rings. The van der Waals surface area contributed by atoms with Crippen LogP contribution in [0.4, 0.5) is 0 Å². The molecule has 0 saturated carbocycles. The normalized spacial score (nSPS) is 12.1. The zero-order valence-electron chi connectivity index (χ0n) is 18.1. The van der Waals surface area contributed by atoms with E-state index in [1.807, 2.05) is 30.3 Å². The fourth-order valence-electron chi connectivity index (χ4n) is 4.26. The van der Waals surface area contributed by atoms with E-state index in [0.717, 1.165) is 29.6 Å². The number of rotatable bonds is 8. The lowest BCUT2D eigenvalue weighted by Gasteiger charge is -2.13. The molecule has 3 aromatic carbocycles. The minimum absolute atomic E-state index is 0.422. The van der Waals surface area contributed by atoms with Gasteiger partial charge in [-0.2, -0.15) is 0 Å². The summed E-state index contributed by atoms with van der Waals surface area (Å²) in [5.41, 5.74) is 11.5. The first-order chi connectivity index (χ1) is 16.2. The third-order valence-corrected chi connectivity index (χ3v) is 5.95. The van der Waals surface area contributed by atoms with Gasteiger partial charge < -0.3 is 10.3 Å². The summed E-state index contributed by atoms with van der Waals surface area (Å²) in [5, 5.41) is 12.3. The molecule has 164 valence electrons. The number of tetrazole rings is 1. The lowest BCUT2D eigenvalue weighted by atomic mass is 10.00. The number of amides is 1. The van der Waals surface area contributed by atoms with Gasteiger partial charge in [-0.1, -0.05) is 54.6 Å². The molecule has 2 aromatic heterocycles. The lowest BCUT2D eigenvalue weighted by Crippen LogP contribution is -2.28. The van der Waals surface area contributed by atoms with Gasteiger partial charge in [-0.05, 0) is 64.2 Å². The van der Waals surface area contributed by atoms with E-state index in [1.54, 1.807) is 0 Å². The first-order valence-corrected chi connectivity index (χ1v) is 10.9. The van der Waals surface area contributed by atoms with Crippen LogP contribution in [0.1, 0.15) is 22.7 Å². The van der Waals surface area contributed by atoms with Gasteiger partial charge in [0.25, 0.3) is 0 Å². The molecule has 0 bridgehead atoms. The monoisotopic (exact) mass is 436 g/mol. The van der Waals surface area contributed by atoms with Crippen LogP contribution in [-0.4, -0.2) is 30.7 Å². The van der Waals surface area contributed by atoms with Gasteiger partial charge in [0.05, 0.1) is 5.52 Å². The molecule has 0 radical (unpaired) electrons. The Bertz CT molecular complexity index is 1360. The van der Waals surface area contributed by atoms with Crippen LogP contribution >= 0.6 is 0 Å². The second-order valence-electron chi connectivity index (χ2n) is 8.11.